The average Bonchev–Trinajstić information content (AvgIpc) is 3.48. The third kappa shape index (κ3) is 4.31. The van der Waals surface area contributed by atoms with Gasteiger partial charge in [-0.15, -0.1) is 0 Å². The number of esters is 1. The van der Waals surface area contributed by atoms with Crippen LogP contribution in [0.1, 0.15) is 85.3 Å². The van der Waals surface area contributed by atoms with Crippen molar-refractivity contribution >= 4 is 24.3 Å². The first-order valence-corrected chi connectivity index (χ1v) is 15.4. The Bertz CT molecular complexity index is 1280. The number of alkyl carbamates (subject to hydrolysis) is 1. The Morgan fingerprint density at radius 2 is 1.81 bits per heavy atom. The number of fused-ring (bicyclic) bond motifs is 2. The summed E-state index contributed by atoms with van der Waals surface area (Å²) in [5.74, 6) is -0.949. The standard InChI is InChI=1S/C34H45NO7/c1-20(2)26-16-23-17-33(19-36)25-13-12-21(3)24(25)18-32(23,34(26,33)29(38)39)14-15-41-28(37)27(22-10-8-7-9-11-22)35-30(40)42-31(4,5)6/h7-11,16,19-21,23-25,27H,12-15,17-18H2,1-6H3,(H,35,40)(H,38,39)/t21-,23?,24?,25?,27-,32?,33?,34?/m1/s1. The zero-order valence-corrected chi connectivity index (χ0v) is 25.6. The lowest BCUT2D eigenvalue weighted by atomic mass is 9.42. The highest BCUT2D eigenvalue weighted by Crippen LogP contribution is 2.83. The minimum atomic E-state index is -1.31. The highest BCUT2D eigenvalue weighted by Gasteiger charge is 2.83. The summed E-state index contributed by atoms with van der Waals surface area (Å²) in [6, 6.07) is 7.75. The zero-order valence-electron chi connectivity index (χ0n) is 25.6. The third-order valence-corrected chi connectivity index (χ3v) is 10.9. The predicted molar refractivity (Wildman–Crippen MR) is 156 cm³/mol. The summed E-state index contributed by atoms with van der Waals surface area (Å²) in [5.41, 5.74) is -2.33. The molecule has 5 rings (SSSR count). The summed E-state index contributed by atoms with van der Waals surface area (Å²) in [7, 11) is 0. The van der Waals surface area contributed by atoms with Crippen LogP contribution in [0.25, 0.3) is 0 Å². The van der Waals surface area contributed by atoms with Gasteiger partial charge in [-0.1, -0.05) is 69.2 Å². The maximum atomic E-state index is 13.6. The highest BCUT2D eigenvalue weighted by molar-refractivity contribution is 5.90. The summed E-state index contributed by atoms with van der Waals surface area (Å²) in [4.78, 5) is 53.0. The number of nitrogens with one attached hydrogen (secondary N) is 1. The number of carboxylic acids is 1. The van der Waals surface area contributed by atoms with Gasteiger partial charge < -0.3 is 24.7 Å². The van der Waals surface area contributed by atoms with Gasteiger partial charge in [0, 0.05) is 5.41 Å². The first kappa shape index (κ1) is 30.3. The van der Waals surface area contributed by atoms with E-state index in [-0.39, 0.29) is 30.3 Å². The van der Waals surface area contributed by atoms with Gasteiger partial charge in [0.05, 0.1) is 12.0 Å². The number of hydrogen-bond acceptors (Lipinski definition) is 6. The quantitative estimate of drug-likeness (QED) is 0.206. The molecule has 228 valence electrons. The number of allylic oxidation sites excluding steroid dienone is 1. The second-order valence-electron chi connectivity index (χ2n) is 14.4. The lowest BCUT2D eigenvalue weighted by molar-refractivity contribution is -0.182. The molecule has 3 fully saturated rings. The maximum Gasteiger partial charge on any atom is 0.408 e. The lowest BCUT2D eigenvalue weighted by Crippen LogP contribution is -2.62. The number of amides is 1. The Balaban J connectivity index is 1.44. The number of aliphatic carboxylic acids is 1. The van der Waals surface area contributed by atoms with Crippen molar-refractivity contribution in [3.8, 4) is 0 Å². The lowest BCUT2D eigenvalue weighted by Gasteiger charge is -2.58. The van der Waals surface area contributed by atoms with E-state index in [0.717, 1.165) is 24.7 Å². The van der Waals surface area contributed by atoms with Gasteiger partial charge in [0.2, 0.25) is 0 Å². The monoisotopic (exact) mass is 579 g/mol. The van der Waals surface area contributed by atoms with E-state index in [4.69, 9.17) is 9.47 Å². The van der Waals surface area contributed by atoms with E-state index in [1.54, 1.807) is 45.0 Å². The van der Waals surface area contributed by atoms with Gasteiger partial charge in [-0.3, -0.25) is 4.79 Å². The second-order valence-corrected chi connectivity index (χ2v) is 14.4. The topological polar surface area (TPSA) is 119 Å². The molecule has 4 aliphatic carbocycles. The predicted octanol–water partition coefficient (Wildman–Crippen LogP) is 6.11. The van der Waals surface area contributed by atoms with Crippen molar-refractivity contribution in [1.82, 2.24) is 5.32 Å². The Hall–Kier alpha value is -3.16. The van der Waals surface area contributed by atoms with Crippen molar-refractivity contribution in [2.45, 2.75) is 85.3 Å². The minimum absolute atomic E-state index is 0.0103. The van der Waals surface area contributed by atoms with Gasteiger partial charge in [-0.2, -0.15) is 0 Å². The molecule has 8 nitrogen and oxygen atoms in total. The number of aldehydes is 1. The van der Waals surface area contributed by atoms with Gasteiger partial charge in [-0.05, 0) is 81.6 Å². The Morgan fingerprint density at radius 3 is 2.40 bits per heavy atom. The van der Waals surface area contributed by atoms with Crippen LogP contribution in [0.5, 0.6) is 0 Å². The maximum absolute atomic E-state index is 13.6. The molecule has 3 saturated carbocycles. The second kappa shape index (κ2) is 10.5. The van der Waals surface area contributed by atoms with E-state index in [2.05, 4.69) is 18.3 Å². The smallest absolute Gasteiger partial charge is 0.408 e. The van der Waals surface area contributed by atoms with Crippen LogP contribution in [-0.2, 0) is 23.9 Å². The molecule has 8 heteroatoms. The zero-order chi connectivity index (χ0) is 30.7. The molecular weight excluding hydrogens is 534 g/mol. The Morgan fingerprint density at radius 1 is 1.12 bits per heavy atom. The van der Waals surface area contributed by atoms with Crippen molar-refractivity contribution in [3.05, 3.63) is 47.5 Å². The van der Waals surface area contributed by atoms with Crippen molar-refractivity contribution in [3.63, 3.8) is 0 Å². The van der Waals surface area contributed by atoms with Crippen LogP contribution in [0, 0.1) is 45.8 Å². The summed E-state index contributed by atoms with van der Waals surface area (Å²) >= 11 is 0. The van der Waals surface area contributed by atoms with Crippen LogP contribution in [-0.4, -0.2) is 41.6 Å². The summed E-state index contributed by atoms with van der Waals surface area (Å²) < 4.78 is 11.3. The number of carbonyl (C=O) groups excluding carboxylic acids is 3. The largest absolute Gasteiger partial charge is 0.481 e. The average molecular weight is 580 g/mol. The molecule has 1 aromatic rings. The number of carbonyl (C=O) groups is 4. The molecule has 6 unspecified atom stereocenters. The van der Waals surface area contributed by atoms with Gasteiger partial charge in [0.25, 0.3) is 0 Å². The number of rotatable bonds is 9. The van der Waals surface area contributed by atoms with Crippen molar-refractivity contribution in [1.29, 1.82) is 0 Å². The van der Waals surface area contributed by atoms with Crippen molar-refractivity contribution in [2.24, 2.45) is 45.8 Å². The molecule has 0 heterocycles. The summed E-state index contributed by atoms with van der Waals surface area (Å²) in [5, 5.41) is 13.8. The fourth-order valence-corrected chi connectivity index (χ4v) is 9.60. The van der Waals surface area contributed by atoms with E-state index in [9.17, 15) is 24.3 Å². The van der Waals surface area contributed by atoms with E-state index in [1.807, 2.05) is 19.9 Å². The Labute approximate surface area is 248 Å². The number of hydrogen-bond donors (Lipinski definition) is 2. The molecule has 4 aliphatic rings. The van der Waals surface area contributed by atoms with Crippen molar-refractivity contribution < 1.29 is 33.8 Å². The van der Waals surface area contributed by atoms with E-state index >= 15 is 0 Å². The first-order chi connectivity index (χ1) is 19.7. The highest BCUT2D eigenvalue weighted by atomic mass is 16.6. The molecule has 0 radical (unpaired) electrons. The van der Waals surface area contributed by atoms with Crippen LogP contribution in [0.2, 0.25) is 0 Å². The Kier molecular flexibility index (Phi) is 7.60. The van der Waals surface area contributed by atoms with Crippen LogP contribution in [0.15, 0.2) is 42.0 Å². The van der Waals surface area contributed by atoms with Gasteiger partial charge in [0.1, 0.15) is 17.3 Å². The molecule has 2 N–H and O–H groups in total. The number of carboxylic acid groups (broad SMARTS) is 1. The molecule has 4 bridgehead atoms. The molecule has 42 heavy (non-hydrogen) atoms. The van der Waals surface area contributed by atoms with Gasteiger partial charge in [0.15, 0.2) is 6.04 Å². The van der Waals surface area contributed by atoms with Gasteiger partial charge in [-0.25, -0.2) is 9.59 Å². The fourth-order valence-electron chi connectivity index (χ4n) is 9.60. The minimum Gasteiger partial charge on any atom is -0.481 e. The summed E-state index contributed by atoms with van der Waals surface area (Å²) in [6.45, 7) is 11.5. The van der Waals surface area contributed by atoms with Crippen LogP contribution in [0.4, 0.5) is 4.79 Å². The molecule has 0 spiro atoms. The van der Waals surface area contributed by atoms with Crippen LogP contribution in [0.3, 0.4) is 0 Å². The molecule has 0 saturated heterocycles. The SMILES string of the molecule is CC(C)C1=CC2CC3(C=O)C4CC[C@@H](C)C4CC2(CCOC(=O)[C@H](NC(=O)OC(C)(C)C)c2ccccc2)C13C(=O)O. The van der Waals surface area contributed by atoms with Crippen LogP contribution < -0.4 is 5.32 Å². The number of benzene rings is 1. The first-order valence-electron chi connectivity index (χ1n) is 15.4. The van der Waals surface area contributed by atoms with Crippen LogP contribution >= 0.6 is 0 Å². The normalized spacial score (nSPS) is 35.3. The van der Waals surface area contributed by atoms with Gasteiger partial charge >= 0.3 is 18.0 Å². The molecule has 0 aliphatic heterocycles. The van der Waals surface area contributed by atoms with E-state index < -0.39 is 45.9 Å². The molecular formula is C34H45NO7. The summed E-state index contributed by atoms with van der Waals surface area (Å²) in [6.07, 6.45) is 5.85. The van der Waals surface area contributed by atoms with Crippen molar-refractivity contribution in [2.75, 3.05) is 6.61 Å². The molecule has 1 amide bonds. The van der Waals surface area contributed by atoms with E-state index in [1.165, 1.54) is 0 Å². The molecule has 0 aromatic heterocycles. The molecule has 1 aromatic carbocycles. The molecule has 8 atom stereocenters. The fraction of sp³-hybridized carbons (Fsp3) is 0.647. The third-order valence-electron chi connectivity index (χ3n) is 10.9. The van der Waals surface area contributed by atoms with E-state index in [0.29, 0.717) is 30.7 Å². The number of ether oxygens (including phenoxy) is 2.